The molecule has 5 heteroatoms. The first-order chi connectivity index (χ1) is 10.1. The number of halogens is 1. The average molecular weight is 366 g/mol. The average Bonchev–Trinajstić information content (AvgIpc) is 3.20. The number of rotatable bonds is 6. The van der Waals surface area contributed by atoms with E-state index in [1.807, 2.05) is 0 Å². The van der Waals surface area contributed by atoms with Gasteiger partial charge in [-0.05, 0) is 37.5 Å². The van der Waals surface area contributed by atoms with Crippen LogP contribution in [0.2, 0.25) is 0 Å². The van der Waals surface area contributed by atoms with E-state index < -0.39 is 0 Å². The molecule has 0 unspecified atom stereocenters. The van der Waals surface area contributed by atoms with Crippen LogP contribution in [0.25, 0.3) is 0 Å². The third kappa shape index (κ3) is 4.05. The van der Waals surface area contributed by atoms with Crippen molar-refractivity contribution in [3.63, 3.8) is 0 Å². The highest BCUT2D eigenvalue weighted by Gasteiger charge is 2.21. The minimum atomic E-state index is 0.730. The summed E-state index contributed by atoms with van der Waals surface area (Å²) in [5.74, 6) is 0. The van der Waals surface area contributed by atoms with Gasteiger partial charge in [-0.15, -0.1) is 11.3 Å². The quantitative estimate of drug-likeness (QED) is 0.834. The molecule has 2 aromatic rings. The van der Waals surface area contributed by atoms with E-state index in [2.05, 4.69) is 68.7 Å². The minimum Gasteiger partial charge on any atom is -0.368 e. The van der Waals surface area contributed by atoms with Gasteiger partial charge in [-0.2, -0.15) is 0 Å². The summed E-state index contributed by atoms with van der Waals surface area (Å²) >= 11 is 5.30. The van der Waals surface area contributed by atoms with Gasteiger partial charge in [-0.25, -0.2) is 4.98 Å². The Kier molecular flexibility index (Phi) is 4.62. The Hall–Kier alpha value is -0.910. The monoisotopic (exact) mass is 365 g/mol. The smallest absolute Gasteiger partial charge is 0.0898 e. The zero-order chi connectivity index (χ0) is 14.8. The lowest BCUT2D eigenvalue weighted by molar-refractivity contribution is 0.685. The Morgan fingerprint density at radius 2 is 2.24 bits per heavy atom. The molecule has 0 spiro atoms. The molecule has 0 aliphatic heterocycles. The van der Waals surface area contributed by atoms with Crippen LogP contribution in [0.4, 0.5) is 5.69 Å². The molecule has 1 fully saturated rings. The fourth-order valence-electron chi connectivity index (χ4n) is 2.39. The maximum Gasteiger partial charge on any atom is 0.0898 e. The number of aromatic nitrogens is 1. The Morgan fingerprint density at radius 3 is 2.90 bits per heavy atom. The number of anilines is 1. The topological polar surface area (TPSA) is 28.2 Å². The zero-order valence-electron chi connectivity index (χ0n) is 12.4. The molecule has 1 aromatic heterocycles. The van der Waals surface area contributed by atoms with E-state index in [0.717, 1.165) is 34.3 Å². The van der Waals surface area contributed by atoms with E-state index in [1.165, 1.54) is 24.1 Å². The van der Waals surface area contributed by atoms with Gasteiger partial charge in [0.1, 0.15) is 0 Å². The van der Waals surface area contributed by atoms with Gasteiger partial charge in [-0.3, -0.25) is 0 Å². The predicted octanol–water partition coefficient (Wildman–Crippen LogP) is 4.10. The van der Waals surface area contributed by atoms with Crippen LogP contribution in [0.15, 0.2) is 28.1 Å². The molecule has 1 heterocycles. The van der Waals surface area contributed by atoms with Crippen LogP contribution in [-0.2, 0) is 13.1 Å². The third-order valence-corrected chi connectivity index (χ3v) is 5.00. The summed E-state index contributed by atoms with van der Waals surface area (Å²) in [5, 5.41) is 6.87. The largest absolute Gasteiger partial charge is 0.368 e. The first kappa shape index (κ1) is 15.0. The lowest BCUT2D eigenvalue weighted by Gasteiger charge is -2.22. The molecular formula is C16H20BrN3S. The first-order valence-corrected chi connectivity index (χ1v) is 8.93. The van der Waals surface area contributed by atoms with E-state index in [0.29, 0.717) is 0 Å². The molecule has 0 atom stereocenters. The van der Waals surface area contributed by atoms with Crippen molar-refractivity contribution in [2.24, 2.45) is 0 Å². The van der Waals surface area contributed by atoms with Crippen molar-refractivity contribution in [3.8, 4) is 0 Å². The van der Waals surface area contributed by atoms with Gasteiger partial charge >= 0.3 is 0 Å². The number of aryl methyl sites for hydroxylation is 1. The van der Waals surface area contributed by atoms with Crippen LogP contribution in [0, 0.1) is 6.92 Å². The van der Waals surface area contributed by atoms with Crippen LogP contribution < -0.4 is 10.2 Å². The highest BCUT2D eigenvalue weighted by Crippen LogP contribution is 2.27. The number of nitrogens with zero attached hydrogens (tertiary/aromatic N) is 2. The number of hydrogen-bond acceptors (Lipinski definition) is 4. The predicted molar refractivity (Wildman–Crippen MR) is 93.0 cm³/mol. The summed E-state index contributed by atoms with van der Waals surface area (Å²) in [7, 11) is 2.14. The van der Waals surface area contributed by atoms with Crippen LogP contribution >= 0.6 is 27.3 Å². The molecule has 1 aliphatic carbocycles. The molecule has 0 bridgehead atoms. The van der Waals surface area contributed by atoms with Crippen LogP contribution in [0.3, 0.4) is 0 Å². The van der Waals surface area contributed by atoms with E-state index >= 15 is 0 Å². The summed E-state index contributed by atoms with van der Waals surface area (Å²) in [5.41, 5.74) is 3.75. The van der Waals surface area contributed by atoms with E-state index in [9.17, 15) is 0 Å². The molecule has 0 saturated heterocycles. The highest BCUT2D eigenvalue weighted by molar-refractivity contribution is 9.10. The number of thiazole rings is 1. The van der Waals surface area contributed by atoms with Crippen molar-refractivity contribution in [2.45, 2.75) is 38.9 Å². The third-order valence-electron chi connectivity index (χ3n) is 3.68. The van der Waals surface area contributed by atoms with Gasteiger partial charge in [0, 0.05) is 35.2 Å². The van der Waals surface area contributed by atoms with Crippen molar-refractivity contribution in [3.05, 3.63) is 44.3 Å². The number of hydrogen-bond donors (Lipinski definition) is 1. The van der Waals surface area contributed by atoms with Crippen molar-refractivity contribution >= 4 is 33.0 Å². The number of benzene rings is 1. The fraction of sp³-hybridized carbons (Fsp3) is 0.438. The Labute approximate surface area is 138 Å². The highest BCUT2D eigenvalue weighted by atomic mass is 79.9. The second kappa shape index (κ2) is 6.46. The summed E-state index contributed by atoms with van der Waals surface area (Å²) in [6.07, 6.45) is 2.64. The van der Waals surface area contributed by atoms with Gasteiger partial charge in [0.25, 0.3) is 0 Å². The Balaban J connectivity index is 1.75. The van der Waals surface area contributed by atoms with Gasteiger partial charge in [-0.1, -0.05) is 22.0 Å². The summed E-state index contributed by atoms with van der Waals surface area (Å²) < 4.78 is 1.12. The van der Waals surface area contributed by atoms with E-state index in [1.54, 1.807) is 11.3 Å². The van der Waals surface area contributed by atoms with E-state index in [-0.39, 0.29) is 0 Å². The molecule has 1 aromatic carbocycles. The maximum atomic E-state index is 4.56. The first-order valence-electron chi connectivity index (χ1n) is 7.26. The lowest BCUT2D eigenvalue weighted by atomic mass is 10.1. The summed E-state index contributed by atoms with van der Waals surface area (Å²) in [4.78, 5) is 6.84. The minimum absolute atomic E-state index is 0.730. The second-order valence-corrected chi connectivity index (χ2v) is 7.62. The van der Waals surface area contributed by atoms with Crippen molar-refractivity contribution < 1.29 is 0 Å². The van der Waals surface area contributed by atoms with Gasteiger partial charge in [0.2, 0.25) is 0 Å². The summed E-state index contributed by atoms with van der Waals surface area (Å²) in [6.45, 7) is 3.84. The molecule has 1 saturated carbocycles. The van der Waals surface area contributed by atoms with Crippen LogP contribution in [-0.4, -0.2) is 18.1 Å². The van der Waals surface area contributed by atoms with Gasteiger partial charge in [0.05, 0.1) is 17.2 Å². The molecule has 1 aliphatic rings. The Bertz CT molecular complexity index is 622. The van der Waals surface area contributed by atoms with Crippen LogP contribution in [0.5, 0.6) is 0 Å². The van der Waals surface area contributed by atoms with Crippen molar-refractivity contribution in [1.82, 2.24) is 10.3 Å². The van der Waals surface area contributed by atoms with Crippen LogP contribution in [0.1, 0.15) is 29.1 Å². The molecule has 0 amide bonds. The summed E-state index contributed by atoms with van der Waals surface area (Å²) in [6, 6.07) is 7.25. The molecular weight excluding hydrogens is 346 g/mol. The van der Waals surface area contributed by atoms with Gasteiger partial charge in [0.15, 0.2) is 0 Å². The molecule has 21 heavy (non-hydrogen) atoms. The molecule has 3 rings (SSSR count). The molecule has 112 valence electrons. The lowest BCUT2D eigenvalue weighted by Crippen LogP contribution is -2.21. The molecule has 1 N–H and O–H groups in total. The van der Waals surface area contributed by atoms with Crippen molar-refractivity contribution in [2.75, 3.05) is 11.9 Å². The standard InChI is InChI=1S/C16H20BrN3S/c1-11-19-15(10-21-11)9-20(2)16-7-13(17)4-3-12(16)8-18-14-5-6-14/h3-4,7,10,14,18H,5-6,8-9H2,1-2H3. The molecule has 0 radical (unpaired) electrons. The SMILES string of the molecule is Cc1nc(CN(C)c2cc(Br)ccc2CNC2CC2)cs1. The second-order valence-electron chi connectivity index (χ2n) is 5.64. The van der Waals surface area contributed by atoms with Crippen molar-refractivity contribution in [1.29, 1.82) is 0 Å². The van der Waals surface area contributed by atoms with Gasteiger partial charge < -0.3 is 10.2 Å². The molecule has 3 nitrogen and oxygen atoms in total. The maximum absolute atomic E-state index is 4.56. The Morgan fingerprint density at radius 1 is 1.43 bits per heavy atom. The van der Waals surface area contributed by atoms with E-state index in [4.69, 9.17) is 0 Å². The normalized spacial score (nSPS) is 14.4. The number of nitrogens with one attached hydrogen (secondary N) is 1. The zero-order valence-corrected chi connectivity index (χ0v) is 14.8. The fourth-order valence-corrected chi connectivity index (χ4v) is 3.35.